The molecule has 4 aliphatic heterocycles. The number of ether oxygens (including phenoxy) is 1. The van der Waals surface area contributed by atoms with Gasteiger partial charge in [0.1, 0.15) is 11.2 Å². The van der Waals surface area contributed by atoms with E-state index in [1.54, 1.807) is 12.3 Å². The number of piperidine rings is 1. The van der Waals surface area contributed by atoms with E-state index in [1.807, 2.05) is 6.07 Å². The number of carbonyl (C=O) groups is 1. The fraction of sp³-hybridized carbons (Fsp3) is 0.680. The van der Waals surface area contributed by atoms with E-state index >= 15 is 0 Å². The molecule has 182 valence electrons. The van der Waals surface area contributed by atoms with Crippen LogP contribution in [0, 0.1) is 0 Å². The molecule has 2 bridgehead atoms. The lowest BCUT2D eigenvalue weighted by atomic mass is 10.0. The van der Waals surface area contributed by atoms with Gasteiger partial charge < -0.3 is 24.8 Å². The first kappa shape index (κ1) is 22.1. The lowest BCUT2D eigenvalue weighted by molar-refractivity contribution is 0.0897. The molecule has 9 nitrogen and oxygen atoms in total. The smallest absolute Gasteiger partial charge is 0.270 e. The maximum absolute atomic E-state index is 12.9. The molecule has 2 atom stereocenters. The average Bonchev–Trinajstić information content (AvgIpc) is 3.48. The van der Waals surface area contributed by atoms with Crippen LogP contribution < -0.4 is 10.2 Å². The van der Waals surface area contributed by atoms with Crippen LogP contribution >= 0.6 is 0 Å². The van der Waals surface area contributed by atoms with E-state index < -0.39 is 0 Å². The number of morpholine rings is 1. The molecule has 0 saturated carbocycles. The minimum atomic E-state index is -0.104. The van der Waals surface area contributed by atoms with Gasteiger partial charge in [-0.2, -0.15) is 0 Å². The first-order valence-electron chi connectivity index (χ1n) is 13.0. The number of hydrogen-bond donors (Lipinski definition) is 1. The van der Waals surface area contributed by atoms with Gasteiger partial charge in [0.2, 0.25) is 5.95 Å². The minimum absolute atomic E-state index is 0.104. The number of amides is 1. The van der Waals surface area contributed by atoms with Crippen molar-refractivity contribution in [1.82, 2.24) is 30.1 Å². The van der Waals surface area contributed by atoms with Crippen molar-refractivity contribution in [2.75, 3.05) is 57.4 Å². The summed E-state index contributed by atoms with van der Waals surface area (Å²) in [7, 11) is 0. The highest BCUT2D eigenvalue weighted by Gasteiger charge is 2.39. The molecule has 4 fully saturated rings. The first-order chi connectivity index (χ1) is 16.7. The number of anilines is 1. The Labute approximate surface area is 200 Å². The number of hydrogen-bond acceptors (Lipinski definition) is 8. The molecular formula is C25H35N7O2. The third-order valence-electron chi connectivity index (χ3n) is 7.98. The molecule has 0 aromatic carbocycles. The fourth-order valence-corrected chi connectivity index (χ4v) is 5.97. The molecule has 0 aliphatic carbocycles. The maximum atomic E-state index is 12.9. The van der Waals surface area contributed by atoms with Gasteiger partial charge in [0.25, 0.3) is 5.91 Å². The molecule has 2 aromatic rings. The summed E-state index contributed by atoms with van der Waals surface area (Å²) in [6.45, 7) is 8.40. The van der Waals surface area contributed by atoms with Crippen LogP contribution in [-0.4, -0.2) is 101 Å². The average molecular weight is 466 g/mol. The summed E-state index contributed by atoms with van der Waals surface area (Å²) in [6.07, 6.45) is 8.68. The summed E-state index contributed by atoms with van der Waals surface area (Å²) < 4.78 is 5.68. The SMILES string of the molecule is O=C(NC1CCN(CCN2CCCC2)CC1)c1ccc2nc(N3C4CCC3COC4)ncc2n1. The molecule has 1 N–H and O–H groups in total. The highest BCUT2D eigenvalue weighted by Crippen LogP contribution is 2.32. The third kappa shape index (κ3) is 4.61. The number of pyridine rings is 1. The van der Waals surface area contributed by atoms with E-state index in [2.05, 4.69) is 30.0 Å². The maximum Gasteiger partial charge on any atom is 0.270 e. The molecule has 0 radical (unpaired) electrons. The van der Waals surface area contributed by atoms with Gasteiger partial charge in [0.15, 0.2) is 0 Å². The zero-order chi connectivity index (χ0) is 22.9. The van der Waals surface area contributed by atoms with Crippen LogP contribution in [0.4, 0.5) is 5.95 Å². The van der Waals surface area contributed by atoms with E-state index in [0.717, 1.165) is 70.0 Å². The van der Waals surface area contributed by atoms with Crippen LogP contribution in [-0.2, 0) is 4.74 Å². The zero-order valence-corrected chi connectivity index (χ0v) is 19.9. The molecule has 9 heteroatoms. The Balaban J connectivity index is 1.04. The summed E-state index contributed by atoms with van der Waals surface area (Å²) in [4.78, 5) is 34.2. The number of carbonyl (C=O) groups excluding carboxylic acids is 1. The molecular weight excluding hydrogens is 430 g/mol. The summed E-state index contributed by atoms with van der Waals surface area (Å²) in [5, 5.41) is 3.20. The molecule has 0 spiro atoms. The van der Waals surface area contributed by atoms with Crippen molar-refractivity contribution in [3.05, 3.63) is 24.0 Å². The summed E-state index contributed by atoms with van der Waals surface area (Å²) in [6, 6.07) is 4.62. The number of rotatable bonds is 6. The van der Waals surface area contributed by atoms with Gasteiger partial charge in [-0.3, -0.25) is 4.79 Å². The van der Waals surface area contributed by atoms with Crippen molar-refractivity contribution in [2.24, 2.45) is 0 Å². The Kier molecular flexibility index (Phi) is 6.32. The number of likely N-dealkylation sites (tertiary alicyclic amines) is 2. The monoisotopic (exact) mass is 465 g/mol. The van der Waals surface area contributed by atoms with Crippen molar-refractivity contribution >= 4 is 22.9 Å². The van der Waals surface area contributed by atoms with Crippen LogP contribution in [0.3, 0.4) is 0 Å². The van der Waals surface area contributed by atoms with Crippen LogP contribution in [0.1, 0.15) is 49.0 Å². The second-order valence-electron chi connectivity index (χ2n) is 10.2. The molecule has 34 heavy (non-hydrogen) atoms. The number of nitrogens with one attached hydrogen (secondary N) is 1. The van der Waals surface area contributed by atoms with Crippen LogP contribution in [0.2, 0.25) is 0 Å². The molecule has 2 aromatic heterocycles. The summed E-state index contributed by atoms with van der Waals surface area (Å²) in [5.74, 6) is 0.645. The van der Waals surface area contributed by atoms with Crippen LogP contribution in [0.25, 0.3) is 11.0 Å². The highest BCUT2D eigenvalue weighted by molar-refractivity contribution is 5.94. The standard InChI is InChI=1S/C25H35N7O2/c33-24(27-18-7-11-31(12-8-18)14-13-30-9-1-2-10-30)22-6-5-21-23(28-22)15-26-25(29-21)32-19-3-4-20(32)17-34-16-19/h5-6,15,18-20H,1-4,7-14,16-17H2,(H,27,33). The van der Waals surface area contributed by atoms with Gasteiger partial charge in [-0.05, 0) is 63.7 Å². The molecule has 6 heterocycles. The summed E-state index contributed by atoms with van der Waals surface area (Å²) >= 11 is 0. The highest BCUT2D eigenvalue weighted by atomic mass is 16.5. The normalized spacial score (nSPS) is 26.4. The van der Waals surface area contributed by atoms with Gasteiger partial charge in [-0.1, -0.05) is 0 Å². The van der Waals surface area contributed by atoms with E-state index in [9.17, 15) is 4.79 Å². The van der Waals surface area contributed by atoms with Crippen molar-refractivity contribution in [1.29, 1.82) is 0 Å². The first-order valence-corrected chi connectivity index (χ1v) is 13.0. The Morgan fingerprint density at radius 3 is 2.35 bits per heavy atom. The van der Waals surface area contributed by atoms with Gasteiger partial charge in [-0.15, -0.1) is 0 Å². The lowest BCUT2D eigenvalue weighted by Gasteiger charge is -2.34. The molecule has 2 unspecified atom stereocenters. The van der Waals surface area contributed by atoms with Gasteiger partial charge in [0, 0.05) is 32.2 Å². The molecule has 4 aliphatic rings. The Morgan fingerprint density at radius 1 is 0.912 bits per heavy atom. The Hall–Kier alpha value is -2.36. The van der Waals surface area contributed by atoms with E-state index in [1.165, 1.54) is 32.5 Å². The number of nitrogens with zero attached hydrogens (tertiary/aromatic N) is 6. The number of aromatic nitrogens is 3. The lowest BCUT2D eigenvalue weighted by Crippen LogP contribution is -2.46. The minimum Gasteiger partial charge on any atom is -0.377 e. The van der Waals surface area contributed by atoms with E-state index in [0.29, 0.717) is 23.3 Å². The predicted octanol–water partition coefficient (Wildman–Crippen LogP) is 1.68. The van der Waals surface area contributed by atoms with E-state index in [-0.39, 0.29) is 11.9 Å². The van der Waals surface area contributed by atoms with Crippen molar-refractivity contribution < 1.29 is 9.53 Å². The quantitative estimate of drug-likeness (QED) is 0.690. The fourth-order valence-electron chi connectivity index (χ4n) is 5.97. The molecule has 6 rings (SSSR count). The Morgan fingerprint density at radius 2 is 1.62 bits per heavy atom. The zero-order valence-electron chi connectivity index (χ0n) is 19.9. The van der Waals surface area contributed by atoms with E-state index in [4.69, 9.17) is 9.72 Å². The molecule has 1 amide bonds. The second kappa shape index (κ2) is 9.71. The second-order valence-corrected chi connectivity index (χ2v) is 10.2. The third-order valence-corrected chi connectivity index (χ3v) is 7.98. The van der Waals surface area contributed by atoms with Crippen LogP contribution in [0.5, 0.6) is 0 Å². The topological polar surface area (TPSA) is 86.7 Å². The van der Waals surface area contributed by atoms with Crippen molar-refractivity contribution in [3.8, 4) is 0 Å². The number of fused-ring (bicyclic) bond motifs is 3. The van der Waals surface area contributed by atoms with Crippen molar-refractivity contribution in [2.45, 2.75) is 56.7 Å². The van der Waals surface area contributed by atoms with Gasteiger partial charge in [0.05, 0.1) is 37.0 Å². The van der Waals surface area contributed by atoms with Crippen LogP contribution in [0.15, 0.2) is 18.3 Å². The van der Waals surface area contributed by atoms with Crippen molar-refractivity contribution in [3.63, 3.8) is 0 Å². The molecule has 4 saturated heterocycles. The predicted molar refractivity (Wildman–Crippen MR) is 130 cm³/mol. The summed E-state index contributed by atoms with van der Waals surface area (Å²) in [5.41, 5.74) is 1.87. The van der Waals surface area contributed by atoms with Gasteiger partial charge in [-0.25, -0.2) is 15.0 Å². The largest absolute Gasteiger partial charge is 0.377 e. The Bertz CT molecular complexity index is 1000. The van der Waals surface area contributed by atoms with Gasteiger partial charge >= 0.3 is 0 Å².